The maximum absolute atomic E-state index is 6.18. The normalized spacial score (nSPS) is 14.4. The molecule has 0 unspecified atom stereocenters. The first-order valence-electron chi connectivity index (χ1n) is 5.60. The highest BCUT2D eigenvalue weighted by atomic mass is 35.5. The number of aryl methyl sites for hydroxylation is 1. The Morgan fingerprint density at radius 1 is 1.31 bits per heavy atom. The van der Waals surface area contributed by atoms with E-state index in [-0.39, 0.29) is 0 Å². The maximum atomic E-state index is 6.18. The molecule has 1 aliphatic carbocycles. The highest BCUT2D eigenvalue weighted by Crippen LogP contribution is 2.32. The van der Waals surface area contributed by atoms with Gasteiger partial charge < -0.3 is 5.73 Å². The van der Waals surface area contributed by atoms with E-state index in [0.717, 1.165) is 28.8 Å². The number of nitrogens with two attached hydrogens (primary N) is 1. The Morgan fingerprint density at radius 2 is 2.19 bits per heavy atom. The predicted octanol–water partition coefficient (Wildman–Crippen LogP) is 2.84. The summed E-state index contributed by atoms with van der Waals surface area (Å²) in [6.07, 6.45) is 3.35. The van der Waals surface area contributed by atoms with Crippen LogP contribution >= 0.6 is 11.6 Å². The first-order valence-corrected chi connectivity index (χ1v) is 5.98. The predicted molar refractivity (Wildman–Crippen MR) is 66.7 cm³/mol. The quantitative estimate of drug-likeness (QED) is 0.821. The van der Waals surface area contributed by atoms with E-state index in [9.17, 15) is 0 Å². The molecule has 1 aromatic heterocycles. The minimum Gasteiger partial charge on any atom is -0.326 e. The molecule has 2 nitrogen and oxygen atoms in total. The second-order valence-corrected chi connectivity index (χ2v) is 4.62. The minimum atomic E-state index is 0.571. The lowest BCUT2D eigenvalue weighted by Gasteiger charge is -2.11. The Hall–Kier alpha value is -1.12. The molecule has 0 atom stereocenters. The van der Waals surface area contributed by atoms with E-state index in [1.807, 2.05) is 12.1 Å². The van der Waals surface area contributed by atoms with Crippen LogP contribution in [-0.4, -0.2) is 4.98 Å². The molecule has 16 heavy (non-hydrogen) atoms. The van der Waals surface area contributed by atoms with Gasteiger partial charge in [0.15, 0.2) is 0 Å². The van der Waals surface area contributed by atoms with Gasteiger partial charge in [-0.2, -0.15) is 0 Å². The Labute approximate surface area is 99.4 Å². The zero-order valence-electron chi connectivity index (χ0n) is 8.96. The van der Waals surface area contributed by atoms with E-state index in [0.29, 0.717) is 6.54 Å². The summed E-state index contributed by atoms with van der Waals surface area (Å²) in [5, 5.41) is 1.84. The molecule has 0 saturated heterocycles. The SMILES string of the molecule is NCc1c2c(nc3c(Cl)cccc13)CCC2. The molecule has 3 heteroatoms. The van der Waals surface area contributed by atoms with Crippen LogP contribution < -0.4 is 5.73 Å². The van der Waals surface area contributed by atoms with Gasteiger partial charge in [0.2, 0.25) is 0 Å². The van der Waals surface area contributed by atoms with Crippen LogP contribution in [0.3, 0.4) is 0 Å². The highest BCUT2D eigenvalue weighted by molar-refractivity contribution is 6.35. The summed E-state index contributed by atoms with van der Waals surface area (Å²) >= 11 is 6.18. The van der Waals surface area contributed by atoms with Crippen LogP contribution in [0.15, 0.2) is 18.2 Å². The van der Waals surface area contributed by atoms with Gasteiger partial charge in [-0.3, -0.25) is 4.98 Å². The van der Waals surface area contributed by atoms with Gasteiger partial charge in [-0.1, -0.05) is 23.7 Å². The van der Waals surface area contributed by atoms with Gasteiger partial charge >= 0.3 is 0 Å². The molecule has 0 radical (unpaired) electrons. The lowest BCUT2D eigenvalue weighted by Crippen LogP contribution is -2.04. The fourth-order valence-corrected chi connectivity index (χ4v) is 2.80. The molecule has 0 fully saturated rings. The third-order valence-electron chi connectivity index (χ3n) is 3.32. The topological polar surface area (TPSA) is 38.9 Å². The molecule has 0 bridgehead atoms. The number of hydrogen-bond acceptors (Lipinski definition) is 2. The van der Waals surface area contributed by atoms with Gasteiger partial charge in [0.05, 0.1) is 10.5 Å². The van der Waals surface area contributed by atoms with Crippen molar-refractivity contribution in [2.24, 2.45) is 5.73 Å². The van der Waals surface area contributed by atoms with Gasteiger partial charge in [-0.05, 0) is 36.5 Å². The van der Waals surface area contributed by atoms with Crippen LogP contribution in [0, 0.1) is 0 Å². The van der Waals surface area contributed by atoms with Gasteiger partial charge in [-0.25, -0.2) is 0 Å². The first-order chi connectivity index (χ1) is 7.81. The van der Waals surface area contributed by atoms with Gasteiger partial charge in [0.1, 0.15) is 0 Å². The second kappa shape index (κ2) is 3.72. The van der Waals surface area contributed by atoms with Crippen LogP contribution in [0.1, 0.15) is 23.2 Å². The fourth-order valence-electron chi connectivity index (χ4n) is 2.58. The van der Waals surface area contributed by atoms with Crippen molar-refractivity contribution in [2.75, 3.05) is 0 Å². The number of aromatic nitrogens is 1. The number of para-hydroxylation sites is 1. The smallest absolute Gasteiger partial charge is 0.0894 e. The molecule has 0 amide bonds. The number of hydrogen-bond donors (Lipinski definition) is 1. The molecule has 0 aliphatic heterocycles. The van der Waals surface area contributed by atoms with E-state index >= 15 is 0 Å². The van der Waals surface area contributed by atoms with Gasteiger partial charge in [0, 0.05) is 17.6 Å². The van der Waals surface area contributed by atoms with Crippen LogP contribution in [0.4, 0.5) is 0 Å². The standard InChI is InChI=1S/C13H13ClN2/c14-11-5-1-4-9-10(7-15)8-3-2-6-12(8)16-13(9)11/h1,4-5H,2-3,6-7,15H2. The summed E-state index contributed by atoms with van der Waals surface area (Å²) < 4.78 is 0. The summed E-state index contributed by atoms with van der Waals surface area (Å²) in [6, 6.07) is 5.92. The van der Waals surface area contributed by atoms with Crippen molar-refractivity contribution in [2.45, 2.75) is 25.8 Å². The summed E-state index contributed by atoms with van der Waals surface area (Å²) in [6.45, 7) is 0.571. The monoisotopic (exact) mass is 232 g/mol. The zero-order valence-corrected chi connectivity index (χ0v) is 9.72. The molecule has 2 aromatic rings. The fraction of sp³-hybridized carbons (Fsp3) is 0.308. The summed E-state index contributed by atoms with van der Waals surface area (Å²) in [7, 11) is 0. The minimum absolute atomic E-state index is 0.571. The molecule has 1 aliphatic rings. The molecule has 1 heterocycles. The van der Waals surface area contributed by atoms with Crippen LogP contribution in [0.25, 0.3) is 10.9 Å². The Kier molecular flexibility index (Phi) is 2.34. The summed E-state index contributed by atoms with van der Waals surface area (Å²) in [5.74, 6) is 0. The van der Waals surface area contributed by atoms with Crippen molar-refractivity contribution in [1.82, 2.24) is 4.98 Å². The van der Waals surface area contributed by atoms with Gasteiger partial charge in [0.25, 0.3) is 0 Å². The number of rotatable bonds is 1. The van der Waals surface area contributed by atoms with E-state index in [1.54, 1.807) is 0 Å². The molecule has 0 saturated carbocycles. The van der Waals surface area contributed by atoms with E-state index in [2.05, 4.69) is 11.1 Å². The lowest BCUT2D eigenvalue weighted by molar-refractivity contribution is 0.896. The molecule has 2 N–H and O–H groups in total. The molecular formula is C13H13ClN2. The molecular weight excluding hydrogens is 220 g/mol. The molecule has 1 aromatic carbocycles. The second-order valence-electron chi connectivity index (χ2n) is 4.21. The number of nitrogens with zero attached hydrogens (tertiary/aromatic N) is 1. The first kappa shape index (κ1) is 10.1. The number of halogens is 1. The average Bonchev–Trinajstić information content (AvgIpc) is 2.75. The molecule has 82 valence electrons. The average molecular weight is 233 g/mol. The van der Waals surface area contributed by atoms with Crippen LogP contribution in [0.2, 0.25) is 5.02 Å². The Bertz CT molecular complexity index is 563. The third kappa shape index (κ3) is 1.34. The van der Waals surface area contributed by atoms with E-state index in [4.69, 9.17) is 17.3 Å². The maximum Gasteiger partial charge on any atom is 0.0894 e. The molecule has 0 spiro atoms. The van der Waals surface area contributed by atoms with Crippen LogP contribution in [0.5, 0.6) is 0 Å². The summed E-state index contributed by atoms with van der Waals surface area (Å²) in [4.78, 5) is 4.68. The van der Waals surface area contributed by atoms with Crippen LogP contribution in [-0.2, 0) is 19.4 Å². The largest absolute Gasteiger partial charge is 0.326 e. The number of fused-ring (bicyclic) bond motifs is 2. The Balaban J connectivity index is 2.44. The molecule has 3 rings (SSSR count). The van der Waals surface area contributed by atoms with Crippen molar-refractivity contribution >= 4 is 22.5 Å². The Morgan fingerprint density at radius 3 is 3.00 bits per heavy atom. The van der Waals surface area contributed by atoms with E-state index in [1.165, 1.54) is 23.2 Å². The van der Waals surface area contributed by atoms with Crippen molar-refractivity contribution in [3.63, 3.8) is 0 Å². The van der Waals surface area contributed by atoms with Gasteiger partial charge in [-0.15, -0.1) is 0 Å². The van der Waals surface area contributed by atoms with Crippen molar-refractivity contribution in [3.8, 4) is 0 Å². The van der Waals surface area contributed by atoms with Crippen molar-refractivity contribution in [1.29, 1.82) is 0 Å². The zero-order chi connectivity index (χ0) is 11.1. The highest BCUT2D eigenvalue weighted by Gasteiger charge is 2.19. The summed E-state index contributed by atoms with van der Waals surface area (Å²) in [5.41, 5.74) is 10.6. The van der Waals surface area contributed by atoms with Crippen molar-refractivity contribution in [3.05, 3.63) is 40.0 Å². The van der Waals surface area contributed by atoms with E-state index < -0.39 is 0 Å². The number of benzene rings is 1. The number of pyridine rings is 1. The van der Waals surface area contributed by atoms with Crippen molar-refractivity contribution < 1.29 is 0 Å². The third-order valence-corrected chi connectivity index (χ3v) is 3.62. The lowest BCUT2D eigenvalue weighted by atomic mass is 10.0.